The summed E-state index contributed by atoms with van der Waals surface area (Å²) in [6.45, 7) is 0. The molecule has 3 rings (SSSR count). The summed E-state index contributed by atoms with van der Waals surface area (Å²) in [4.78, 5) is 0. The van der Waals surface area contributed by atoms with E-state index in [1.54, 1.807) is 7.11 Å². The highest BCUT2D eigenvalue weighted by Crippen LogP contribution is 2.31. The molecule has 0 saturated carbocycles. The zero-order chi connectivity index (χ0) is 14.8. The third-order valence-electron chi connectivity index (χ3n) is 2.87. The van der Waals surface area contributed by atoms with Crippen LogP contribution in [0.2, 0.25) is 0 Å². The van der Waals surface area contributed by atoms with Crippen molar-refractivity contribution in [1.82, 2.24) is 10.2 Å². The lowest BCUT2D eigenvalue weighted by atomic mass is 10.2. The number of rotatable bonds is 3. The monoisotopic (exact) mass is 504 g/mol. The summed E-state index contributed by atoms with van der Waals surface area (Å²) >= 11 is 4.55. The minimum atomic E-state index is 0.455. The molecule has 21 heavy (non-hydrogen) atoms. The van der Waals surface area contributed by atoms with Crippen LogP contribution >= 0.6 is 45.2 Å². The first-order valence-corrected chi connectivity index (χ1v) is 8.26. The van der Waals surface area contributed by atoms with Gasteiger partial charge in [0.25, 0.3) is 5.89 Å². The number of hydrogen-bond acceptors (Lipinski definition) is 4. The van der Waals surface area contributed by atoms with Crippen LogP contribution in [0.25, 0.3) is 22.9 Å². The highest BCUT2D eigenvalue weighted by atomic mass is 127. The van der Waals surface area contributed by atoms with Gasteiger partial charge in [-0.3, -0.25) is 0 Å². The van der Waals surface area contributed by atoms with Crippen molar-refractivity contribution < 1.29 is 9.15 Å². The van der Waals surface area contributed by atoms with Gasteiger partial charge >= 0.3 is 0 Å². The standard InChI is InChI=1S/C15H10I2N2O2/c1-20-13-5-3-2-4-12(13)15-19-18-14(21-15)9-6-10(16)8-11(17)7-9/h2-8H,1H3. The molecule has 0 aliphatic heterocycles. The summed E-state index contributed by atoms with van der Waals surface area (Å²) in [5.74, 6) is 1.67. The average molecular weight is 504 g/mol. The lowest BCUT2D eigenvalue weighted by Crippen LogP contribution is -1.87. The zero-order valence-electron chi connectivity index (χ0n) is 11.0. The first kappa shape index (κ1) is 14.8. The fourth-order valence-electron chi connectivity index (χ4n) is 1.95. The largest absolute Gasteiger partial charge is 0.496 e. The van der Waals surface area contributed by atoms with Crippen LogP contribution in [-0.2, 0) is 0 Å². The Morgan fingerprint density at radius 2 is 1.62 bits per heavy atom. The molecule has 0 saturated heterocycles. The van der Waals surface area contributed by atoms with Crippen molar-refractivity contribution in [2.24, 2.45) is 0 Å². The van der Waals surface area contributed by atoms with E-state index in [1.807, 2.05) is 36.4 Å². The van der Waals surface area contributed by atoms with Crippen molar-refractivity contribution in [2.75, 3.05) is 7.11 Å². The van der Waals surface area contributed by atoms with Crippen molar-refractivity contribution in [3.05, 3.63) is 49.6 Å². The van der Waals surface area contributed by atoms with Crippen LogP contribution in [0, 0.1) is 7.14 Å². The highest BCUT2D eigenvalue weighted by molar-refractivity contribution is 14.1. The Labute approximate surface area is 149 Å². The molecule has 0 unspecified atom stereocenters. The maximum Gasteiger partial charge on any atom is 0.251 e. The summed E-state index contributed by atoms with van der Waals surface area (Å²) in [5, 5.41) is 8.27. The van der Waals surface area contributed by atoms with Gasteiger partial charge in [-0.1, -0.05) is 12.1 Å². The van der Waals surface area contributed by atoms with Crippen LogP contribution < -0.4 is 4.74 Å². The van der Waals surface area contributed by atoms with Gasteiger partial charge in [0, 0.05) is 12.7 Å². The molecule has 0 aliphatic rings. The van der Waals surface area contributed by atoms with Crippen LogP contribution in [0.1, 0.15) is 0 Å². The Morgan fingerprint density at radius 3 is 2.33 bits per heavy atom. The van der Waals surface area contributed by atoms with Gasteiger partial charge in [-0.25, -0.2) is 0 Å². The third kappa shape index (κ3) is 3.20. The van der Waals surface area contributed by atoms with Crippen LogP contribution in [0.3, 0.4) is 0 Å². The molecule has 6 heteroatoms. The lowest BCUT2D eigenvalue weighted by molar-refractivity contribution is 0.414. The van der Waals surface area contributed by atoms with E-state index in [4.69, 9.17) is 9.15 Å². The molecule has 3 aromatic rings. The minimum Gasteiger partial charge on any atom is -0.496 e. The first-order valence-electron chi connectivity index (χ1n) is 6.11. The Kier molecular flexibility index (Phi) is 4.43. The minimum absolute atomic E-state index is 0.455. The van der Waals surface area contributed by atoms with Crippen molar-refractivity contribution >= 4 is 45.2 Å². The molecular weight excluding hydrogens is 494 g/mol. The summed E-state index contributed by atoms with van der Waals surface area (Å²) in [5.41, 5.74) is 1.71. The van der Waals surface area contributed by atoms with E-state index < -0.39 is 0 Å². The van der Waals surface area contributed by atoms with Crippen LogP contribution in [0.15, 0.2) is 46.9 Å². The van der Waals surface area contributed by atoms with Crippen molar-refractivity contribution in [1.29, 1.82) is 0 Å². The number of aromatic nitrogens is 2. The molecule has 4 nitrogen and oxygen atoms in total. The van der Waals surface area contributed by atoms with Gasteiger partial charge in [0.15, 0.2) is 0 Å². The SMILES string of the molecule is COc1ccccc1-c1nnc(-c2cc(I)cc(I)c2)o1. The molecule has 0 radical (unpaired) electrons. The number of nitrogens with zero attached hydrogens (tertiary/aromatic N) is 2. The average Bonchev–Trinajstić information content (AvgIpc) is 2.96. The molecule has 106 valence electrons. The van der Waals surface area contributed by atoms with E-state index in [1.165, 1.54) is 0 Å². The number of methoxy groups -OCH3 is 1. The number of benzene rings is 2. The normalized spacial score (nSPS) is 10.6. The Hall–Kier alpha value is -1.16. The zero-order valence-corrected chi connectivity index (χ0v) is 15.3. The van der Waals surface area contributed by atoms with Crippen LogP contribution in [0.4, 0.5) is 0 Å². The van der Waals surface area contributed by atoms with Gasteiger partial charge in [-0.05, 0) is 75.5 Å². The fraction of sp³-hybridized carbons (Fsp3) is 0.0667. The Balaban J connectivity index is 2.04. The van der Waals surface area contributed by atoms with Gasteiger partial charge < -0.3 is 9.15 Å². The molecule has 1 aromatic heterocycles. The molecule has 0 bridgehead atoms. The molecule has 1 heterocycles. The van der Waals surface area contributed by atoms with Gasteiger partial charge in [0.1, 0.15) is 5.75 Å². The van der Waals surface area contributed by atoms with E-state index in [9.17, 15) is 0 Å². The van der Waals surface area contributed by atoms with Crippen LogP contribution in [0.5, 0.6) is 5.75 Å². The topological polar surface area (TPSA) is 48.2 Å². The molecule has 2 aromatic carbocycles. The van der Waals surface area contributed by atoms with Gasteiger partial charge in [0.2, 0.25) is 5.89 Å². The molecule has 0 atom stereocenters. The van der Waals surface area contributed by atoms with Gasteiger partial charge in [-0.15, -0.1) is 10.2 Å². The van der Waals surface area contributed by atoms with Gasteiger partial charge in [0.05, 0.1) is 12.7 Å². The second kappa shape index (κ2) is 6.30. The Morgan fingerprint density at radius 1 is 0.952 bits per heavy atom. The second-order valence-corrected chi connectivity index (χ2v) is 6.76. The van der Waals surface area contributed by atoms with E-state index in [-0.39, 0.29) is 0 Å². The summed E-state index contributed by atoms with van der Waals surface area (Å²) in [7, 11) is 1.62. The second-order valence-electron chi connectivity index (χ2n) is 4.27. The summed E-state index contributed by atoms with van der Waals surface area (Å²) in [6, 6.07) is 13.7. The third-order valence-corrected chi connectivity index (χ3v) is 4.12. The molecule has 0 N–H and O–H groups in total. The quantitative estimate of drug-likeness (QED) is 0.489. The number of halogens is 2. The maximum absolute atomic E-state index is 5.80. The maximum atomic E-state index is 5.80. The van der Waals surface area contributed by atoms with Crippen molar-refractivity contribution in [3.8, 4) is 28.7 Å². The van der Waals surface area contributed by atoms with E-state index in [0.717, 1.165) is 18.3 Å². The van der Waals surface area contributed by atoms with Gasteiger partial charge in [-0.2, -0.15) is 0 Å². The first-order chi connectivity index (χ1) is 10.2. The lowest BCUT2D eigenvalue weighted by Gasteiger charge is -2.03. The fourth-order valence-corrected chi connectivity index (χ4v) is 3.89. The molecule has 0 spiro atoms. The smallest absolute Gasteiger partial charge is 0.251 e. The number of para-hydroxylation sites is 1. The van der Waals surface area contributed by atoms with E-state index >= 15 is 0 Å². The summed E-state index contributed by atoms with van der Waals surface area (Å²) < 4.78 is 13.4. The van der Waals surface area contributed by atoms with Crippen molar-refractivity contribution in [3.63, 3.8) is 0 Å². The summed E-state index contributed by atoms with van der Waals surface area (Å²) in [6.07, 6.45) is 0. The predicted molar refractivity (Wildman–Crippen MR) is 97.2 cm³/mol. The van der Waals surface area contributed by atoms with Crippen molar-refractivity contribution in [2.45, 2.75) is 0 Å². The van der Waals surface area contributed by atoms with Crippen LogP contribution in [-0.4, -0.2) is 17.3 Å². The molecule has 0 amide bonds. The Bertz CT molecular complexity index is 767. The molecule has 0 aliphatic carbocycles. The predicted octanol–water partition coefficient (Wildman–Crippen LogP) is 4.62. The number of hydrogen-bond donors (Lipinski definition) is 0. The van der Waals surface area contributed by atoms with E-state index in [2.05, 4.69) is 61.4 Å². The number of ether oxygens (including phenoxy) is 1. The highest BCUT2D eigenvalue weighted by Gasteiger charge is 2.14. The molecular formula is C15H10I2N2O2. The molecule has 0 fully saturated rings. The van der Waals surface area contributed by atoms with E-state index in [0.29, 0.717) is 17.5 Å².